The van der Waals surface area contributed by atoms with Gasteiger partial charge < -0.3 is 11.1 Å². The van der Waals surface area contributed by atoms with Gasteiger partial charge >= 0.3 is 0 Å². The monoisotopic (exact) mass is 394 g/mol. The topological polar surface area (TPSA) is 63.3 Å². The molecular formula is C13H23IN4S. The van der Waals surface area contributed by atoms with Crippen LogP contribution < -0.4 is 11.1 Å². The van der Waals surface area contributed by atoms with Gasteiger partial charge in [-0.3, -0.25) is 0 Å². The molecule has 0 spiro atoms. The molecule has 1 aromatic heterocycles. The normalized spacial score (nSPS) is 15.4. The van der Waals surface area contributed by atoms with Crippen molar-refractivity contribution in [2.24, 2.45) is 16.6 Å². The van der Waals surface area contributed by atoms with Gasteiger partial charge in [0.2, 0.25) is 0 Å². The van der Waals surface area contributed by atoms with E-state index in [9.17, 15) is 0 Å². The Hall–Kier alpha value is -0.370. The van der Waals surface area contributed by atoms with Crippen molar-refractivity contribution in [2.45, 2.75) is 45.6 Å². The molecule has 2 rings (SSSR count). The van der Waals surface area contributed by atoms with E-state index in [4.69, 9.17) is 5.73 Å². The molecule has 108 valence electrons. The molecular weight excluding hydrogens is 371 g/mol. The maximum absolute atomic E-state index is 5.80. The number of aromatic nitrogens is 1. The fourth-order valence-electron chi connectivity index (χ4n) is 1.66. The van der Waals surface area contributed by atoms with Crippen LogP contribution in [0.15, 0.2) is 10.4 Å². The van der Waals surface area contributed by atoms with E-state index in [2.05, 4.69) is 34.5 Å². The molecule has 1 aliphatic rings. The highest BCUT2D eigenvalue weighted by molar-refractivity contribution is 14.0. The lowest BCUT2D eigenvalue weighted by molar-refractivity contribution is 0.576. The van der Waals surface area contributed by atoms with Gasteiger partial charge in [-0.05, 0) is 25.2 Å². The number of nitrogens with one attached hydrogen (secondary N) is 1. The summed E-state index contributed by atoms with van der Waals surface area (Å²) in [7, 11) is 0. The van der Waals surface area contributed by atoms with Gasteiger partial charge in [-0.2, -0.15) is 0 Å². The lowest BCUT2D eigenvalue weighted by Gasteiger charge is -2.06. The second kappa shape index (κ2) is 8.04. The standard InChI is InChI=1S/C13H22N4S.HI/c1-9(2)5-6-15-13(14)16-7-12-17-11(8-18-12)10-3-4-10;/h8-10H,3-7H2,1-2H3,(H3,14,15,16);1H. The lowest BCUT2D eigenvalue weighted by Crippen LogP contribution is -2.32. The van der Waals surface area contributed by atoms with Crippen LogP contribution in [0.4, 0.5) is 0 Å². The lowest BCUT2D eigenvalue weighted by atomic mass is 10.1. The number of guanidine groups is 1. The third-order valence-corrected chi connectivity index (χ3v) is 3.83. The first kappa shape index (κ1) is 16.7. The first-order chi connectivity index (χ1) is 8.65. The van der Waals surface area contributed by atoms with Crippen LogP contribution in [0.25, 0.3) is 0 Å². The van der Waals surface area contributed by atoms with Crippen LogP contribution in [-0.4, -0.2) is 17.5 Å². The van der Waals surface area contributed by atoms with Crippen LogP contribution in [0, 0.1) is 5.92 Å². The molecule has 19 heavy (non-hydrogen) atoms. The molecule has 3 N–H and O–H groups in total. The van der Waals surface area contributed by atoms with E-state index in [0.29, 0.717) is 18.4 Å². The van der Waals surface area contributed by atoms with Gasteiger partial charge in [0.1, 0.15) is 5.01 Å². The van der Waals surface area contributed by atoms with Gasteiger partial charge in [-0.25, -0.2) is 9.98 Å². The Morgan fingerprint density at radius 2 is 2.32 bits per heavy atom. The number of nitrogens with zero attached hydrogens (tertiary/aromatic N) is 2. The summed E-state index contributed by atoms with van der Waals surface area (Å²) in [5.41, 5.74) is 7.05. The van der Waals surface area contributed by atoms with E-state index in [1.807, 2.05) is 0 Å². The Balaban J connectivity index is 0.00000180. The van der Waals surface area contributed by atoms with Gasteiger partial charge in [-0.1, -0.05) is 13.8 Å². The number of thiazole rings is 1. The van der Waals surface area contributed by atoms with Crippen molar-refractivity contribution in [1.82, 2.24) is 10.3 Å². The largest absolute Gasteiger partial charge is 0.370 e. The van der Waals surface area contributed by atoms with Gasteiger partial charge in [0.25, 0.3) is 0 Å². The minimum atomic E-state index is 0. The van der Waals surface area contributed by atoms with Crippen LogP contribution in [0.1, 0.15) is 49.7 Å². The predicted molar refractivity (Wildman–Crippen MR) is 92.3 cm³/mol. The average molecular weight is 394 g/mol. The minimum Gasteiger partial charge on any atom is -0.370 e. The quantitative estimate of drug-likeness (QED) is 0.443. The van der Waals surface area contributed by atoms with Crippen molar-refractivity contribution in [3.63, 3.8) is 0 Å². The van der Waals surface area contributed by atoms with Crippen molar-refractivity contribution in [3.05, 3.63) is 16.1 Å². The molecule has 1 heterocycles. The van der Waals surface area contributed by atoms with E-state index in [1.54, 1.807) is 11.3 Å². The molecule has 1 fully saturated rings. The molecule has 0 bridgehead atoms. The molecule has 1 aliphatic carbocycles. The van der Waals surface area contributed by atoms with E-state index >= 15 is 0 Å². The van der Waals surface area contributed by atoms with Crippen molar-refractivity contribution in [2.75, 3.05) is 6.54 Å². The van der Waals surface area contributed by atoms with Gasteiger partial charge in [-0.15, -0.1) is 35.3 Å². The predicted octanol–water partition coefficient (Wildman–Crippen LogP) is 3.09. The van der Waals surface area contributed by atoms with Crippen LogP contribution in [-0.2, 0) is 6.54 Å². The van der Waals surface area contributed by atoms with Crippen LogP contribution in [0.2, 0.25) is 0 Å². The summed E-state index contributed by atoms with van der Waals surface area (Å²) in [5, 5.41) is 6.35. The summed E-state index contributed by atoms with van der Waals surface area (Å²) in [6, 6.07) is 0. The molecule has 0 aromatic carbocycles. The Morgan fingerprint density at radius 3 is 2.95 bits per heavy atom. The van der Waals surface area contributed by atoms with E-state index in [0.717, 1.165) is 23.9 Å². The number of hydrogen-bond acceptors (Lipinski definition) is 3. The zero-order chi connectivity index (χ0) is 13.0. The molecule has 1 saturated carbocycles. The summed E-state index contributed by atoms with van der Waals surface area (Å²) in [4.78, 5) is 8.90. The Bertz CT molecular complexity index is 413. The fourth-order valence-corrected chi connectivity index (χ4v) is 2.46. The third-order valence-electron chi connectivity index (χ3n) is 2.98. The molecule has 0 saturated heterocycles. The number of hydrogen-bond donors (Lipinski definition) is 2. The number of rotatable bonds is 6. The van der Waals surface area contributed by atoms with Crippen LogP contribution in [0.3, 0.4) is 0 Å². The average Bonchev–Trinajstić information content (AvgIpc) is 3.06. The SMILES string of the molecule is CC(C)CCNC(N)=NCc1nc(C2CC2)cs1.I. The van der Waals surface area contributed by atoms with Gasteiger partial charge in [0.15, 0.2) is 5.96 Å². The van der Waals surface area contributed by atoms with E-state index in [-0.39, 0.29) is 24.0 Å². The van der Waals surface area contributed by atoms with Crippen molar-refractivity contribution < 1.29 is 0 Å². The second-order valence-electron chi connectivity index (χ2n) is 5.25. The molecule has 4 nitrogen and oxygen atoms in total. The highest BCUT2D eigenvalue weighted by Gasteiger charge is 2.25. The summed E-state index contributed by atoms with van der Waals surface area (Å²) in [5.74, 6) is 1.93. The molecule has 0 amide bonds. The minimum absolute atomic E-state index is 0. The van der Waals surface area contributed by atoms with E-state index in [1.165, 1.54) is 18.5 Å². The Morgan fingerprint density at radius 1 is 1.58 bits per heavy atom. The molecule has 0 unspecified atom stereocenters. The Kier molecular flexibility index (Phi) is 7.06. The first-order valence-corrected chi connectivity index (χ1v) is 7.51. The highest BCUT2D eigenvalue weighted by atomic mass is 127. The van der Waals surface area contributed by atoms with Crippen LogP contribution in [0.5, 0.6) is 0 Å². The van der Waals surface area contributed by atoms with Gasteiger partial charge in [0.05, 0.1) is 12.2 Å². The second-order valence-corrected chi connectivity index (χ2v) is 6.19. The zero-order valence-electron chi connectivity index (χ0n) is 11.6. The maximum Gasteiger partial charge on any atom is 0.189 e. The summed E-state index contributed by atoms with van der Waals surface area (Å²) in [6.45, 7) is 5.88. The van der Waals surface area contributed by atoms with Crippen LogP contribution >= 0.6 is 35.3 Å². The third kappa shape index (κ3) is 6.07. The molecule has 0 aliphatic heterocycles. The maximum atomic E-state index is 5.80. The van der Waals surface area contributed by atoms with Crippen molar-refractivity contribution in [3.8, 4) is 0 Å². The summed E-state index contributed by atoms with van der Waals surface area (Å²) in [6.07, 6.45) is 3.70. The number of halogens is 1. The number of nitrogens with two attached hydrogens (primary N) is 1. The molecule has 1 aromatic rings. The molecule has 0 atom stereocenters. The first-order valence-electron chi connectivity index (χ1n) is 6.63. The smallest absolute Gasteiger partial charge is 0.189 e. The van der Waals surface area contributed by atoms with Crippen molar-refractivity contribution >= 4 is 41.3 Å². The zero-order valence-corrected chi connectivity index (χ0v) is 14.7. The highest BCUT2D eigenvalue weighted by Crippen LogP contribution is 2.40. The summed E-state index contributed by atoms with van der Waals surface area (Å²) >= 11 is 1.69. The summed E-state index contributed by atoms with van der Waals surface area (Å²) < 4.78 is 0. The molecule has 6 heteroatoms. The van der Waals surface area contributed by atoms with E-state index < -0.39 is 0 Å². The Labute approximate surface area is 136 Å². The molecule has 0 radical (unpaired) electrons. The number of aliphatic imine (C=N–C) groups is 1. The van der Waals surface area contributed by atoms with Gasteiger partial charge in [0, 0.05) is 17.8 Å². The van der Waals surface area contributed by atoms with Crippen molar-refractivity contribution in [1.29, 1.82) is 0 Å². The fraction of sp³-hybridized carbons (Fsp3) is 0.692.